The molecule has 3 nitrogen and oxygen atoms in total. The zero-order valence-corrected chi connectivity index (χ0v) is 12.7. The van der Waals surface area contributed by atoms with Gasteiger partial charge in [0.2, 0.25) is 0 Å². The number of fused-ring (bicyclic) bond motifs is 1. The number of nitrogens with one attached hydrogen (secondary N) is 1. The number of nitrogens with zero attached hydrogens (tertiary/aromatic N) is 2. The van der Waals surface area contributed by atoms with Crippen LogP contribution >= 0.6 is 11.3 Å². The molecule has 106 valence electrons. The van der Waals surface area contributed by atoms with E-state index in [0.29, 0.717) is 6.04 Å². The van der Waals surface area contributed by atoms with Crippen LogP contribution in [0.1, 0.15) is 24.6 Å². The van der Waals surface area contributed by atoms with Crippen LogP contribution in [-0.2, 0) is 6.54 Å². The van der Waals surface area contributed by atoms with Gasteiger partial charge in [0.25, 0.3) is 0 Å². The van der Waals surface area contributed by atoms with E-state index in [9.17, 15) is 0 Å². The molecule has 2 unspecified atom stereocenters. The molecular formula is C15H25N3S. The molecule has 0 aliphatic carbocycles. The highest BCUT2D eigenvalue weighted by Crippen LogP contribution is 2.22. The van der Waals surface area contributed by atoms with Gasteiger partial charge in [-0.2, -0.15) is 0 Å². The minimum atomic E-state index is 0.655. The first-order valence-corrected chi connectivity index (χ1v) is 8.42. The Kier molecular flexibility index (Phi) is 4.53. The summed E-state index contributed by atoms with van der Waals surface area (Å²) in [5.74, 6) is 0. The van der Waals surface area contributed by atoms with Gasteiger partial charge in [-0.05, 0) is 37.8 Å². The predicted molar refractivity (Wildman–Crippen MR) is 81.7 cm³/mol. The van der Waals surface area contributed by atoms with Gasteiger partial charge in [-0.3, -0.25) is 9.80 Å². The molecule has 0 bridgehead atoms. The highest BCUT2D eigenvalue weighted by molar-refractivity contribution is 7.09. The Bertz CT molecular complexity index is 379. The van der Waals surface area contributed by atoms with Crippen LogP contribution in [-0.4, -0.2) is 54.6 Å². The number of rotatable bonds is 5. The van der Waals surface area contributed by atoms with Crippen molar-refractivity contribution in [3.8, 4) is 0 Å². The van der Waals surface area contributed by atoms with E-state index < -0.39 is 0 Å². The van der Waals surface area contributed by atoms with Gasteiger partial charge in [-0.15, -0.1) is 11.3 Å². The van der Waals surface area contributed by atoms with Gasteiger partial charge >= 0.3 is 0 Å². The van der Waals surface area contributed by atoms with E-state index in [2.05, 4.69) is 39.6 Å². The van der Waals surface area contributed by atoms with E-state index in [0.717, 1.165) is 19.1 Å². The van der Waals surface area contributed by atoms with Crippen molar-refractivity contribution in [3.63, 3.8) is 0 Å². The zero-order valence-electron chi connectivity index (χ0n) is 11.8. The zero-order chi connectivity index (χ0) is 13.1. The molecule has 0 spiro atoms. The van der Waals surface area contributed by atoms with Gasteiger partial charge in [0.1, 0.15) is 0 Å². The molecule has 2 atom stereocenters. The minimum absolute atomic E-state index is 0.655. The van der Waals surface area contributed by atoms with Crippen LogP contribution in [0.4, 0.5) is 0 Å². The molecule has 3 heterocycles. The van der Waals surface area contributed by atoms with Crippen LogP contribution in [0.25, 0.3) is 0 Å². The number of piperazine rings is 1. The Hall–Kier alpha value is -0.420. The summed E-state index contributed by atoms with van der Waals surface area (Å²) in [6, 6.07) is 5.83. The van der Waals surface area contributed by atoms with Gasteiger partial charge < -0.3 is 5.32 Å². The van der Waals surface area contributed by atoms with Gasteiger partial charge in [0.05, 0.1) is 0 Å². The lowest BCUT2D eigenvalue weighted by atomic mass is 10.1. The lowest BCUT2D eigenvalue weighted by Crippen LogP contribution is -2.54. The Labute approximate surface area is 120 Å². The molecule has 0 saturated carbocycles. The van der Waals surface area contributed by atoms with Crippen LogP contribution in [0, 0.1) is 0 Å². The molecule has 2 saturated heterocycles. The van der Waals surface area contributed by atoms with Gasteiger partial charge in [-0.1, -0.05) is 6.07 Å². The van der Waals surface area contributed by atoms with E-state index in [1.54, 1.807) is 0 Å². The standard InChI is InChI=1S/C15H25N3S/c1-13(10-16-11-15-5-3-9-19-15)18-8-7-17-6-2-4-14(17)12-18/h3,5,9,13-14,16H,2,4,6-8,10-12H2,1H3. The summed E-state index contributed by atoms with van der Waals surface area (Å²) in [5, 5.41) is 5.75. The molecule has 1 aromatic heterocycles. The Morgan fingerprint density at radius 2 is 2.37 bits per heavy atom. The quantitative estimate of drug-likeness (QED) is 0.889. The molecule has 2 aliphatic rings. The second-order valence-electron chi connectivity index (χ2n) is 5.89. The largest absolute Gasteiger partial charge is 0.310 e. The second-order valence-corrected chi connectivity index (χ2v) is 6.92. The summed E-state index contributed by atoms with van der Waals surface area (Å²) < 4.78 is 0. The van der Waals surface area contributed by atoms with E-state index in [-0.39, 0.29) is 0 Å². The van der Waals surface area contributed by atoms with Crippen molar-refractivity contribution in [2.45, 2.75) is 38.4 Å². The molecule has 3 rings (SSSR count). The molecule has 4 heteroatoms. The van der Waals surface area contributed by atoms with E-state index in [4.69, 9.17) is 0 Å². The second kappa shape index (κ2) is 6.35. The molecule has 1 N–H and O–H groups in total. The molecule has 0 aromatic carbocycles. The highest BCUT2D eigenvalue weighted by atomic mass is 32.1. The Morgan fingerprint density at radius 1 is 1.42 bits per heavy atom. The van der Waals surface area contributed by atoms with Gasteiger partial charge in [0, 0.05) is 49.7 Å². The first-order chi connectivity index (χ1) is 9.33. The summed E-state index contributed by atoms with van der Waals surface area (Å²) in [6.07, 6.45) is 2.81. The third-order valence-corrected chi connectivity index (χ3v) is 5.44. The number of hydrogen-bond donors (Lipinski definition) is 1. The van der Waals surface area contributed by atoms with Crippen LogP contribution < -0.4 is 5.32 Å². The minimum Gasteiger partial charge on any atom is -0.310 e. The first kappa shape index (κ1) is 13.6. The fourth-order valence-corrected chi connectivity index (χ4v) is 4.04. The smallest absolute Gasteiger partial charge is 0.0300 e. The summed E-state index contributed by atoms with van der Waals surface area (Å²) in [7, 11) is 0. The van der Waals surface area contributed by atoms with Gasteiger partial charge in [0.15, 0.2) is 0 Å². The molecule has 19 heavy (non-hydrogen) atoms. The fourth-order valence-electron chi connectivity index (χ4n) is 3.36. The van der Waals surface area contributed by atoms with Crippen molar-refractivity contribution in [3.05, 3.63) is 22.4 Å². The highest BCUT2D eigenvalue weighted by Gasteiger charge is 2.31. The number of thiophene rings is 1. The van der Waals surface area contributed by atoms with E-state index in [1.807, 2.05) is 11.3 Å². The Balaban J connectivity index is 1.41. The van der Waals surface area contributed by atoms with E-state index in [1.165, 1.54) is 43.9 Å². The molecule has 2 fully saturated rings. The number of hydrogen-bond acceptors (Lipinski definition) is 4. The monoisotopic (exact) mass is 279 g/mol. The summed E-state index contributed by atoms with van der Waals surface area (Å²) >= 11 is 1.84. The van der Waals surface area contributed by atoms with Crippen LogP contribution in [0.2, 0.25) is 0 Å². The summed E-state index contributed by atoms with van der Waals surface area (Å²) in [4.78, 5) is 6.80. The van der Waals surface area contributed by atoms with E-state index >= 15 is 0 Å². The Morgan fingerprint density at radius 3 is 3.21 bits per heavy atom. The summed E-state index contributed by atoms with van der Waals surface area (Å²) in [5.41, 5.74) is 0. The summed E-state index contributed by atoms with van der Waals surface area (Å²) in [6.45, 7) is 9.63. The van der Waals surface area contributed by atoms with Crippen LogP contribution in [0.15, 0.2) is 17.5 Å². The normalized spacial score (nSPS) is 26.5. The van der Waals surface area contributed by atoms with Crippen LogP contribution in [0.5, 0.6) is 0 Å². The predicted octanol–water partition coefficient (Wildman–Crippen LogP) is 2.01. The SMILES string of the molecule is CC(CNCc1cccs1)N1CCN2CCCC2C1. The third-order valence-electron chi connectivity index (χ3n) is 4.56. The van der Waals surface area contributed by atoms with Crippen LogP contribution in [0.3, 0.4) is 0 Å². The fraction of sp³-hybridized carbons (Fsp3) is 0.733. The maximum absolute atomic E-state index is 3.60. The lowest BCUT2D eigenvalue weighted by molar-refractivity contribution is 0.0768. The van der Waals surface area contributed by atoms with Crippen molar-refractivity contribution in [2.24, 2.45) is 0 Å². The molecule has 1 aromatic rings. The molecule has 2 aliphatic heterocycles. The molecule has 0 amide bonds. The topological polar surface area (TPSA) is 18.5 Å². The third kappa shape index (κ3) is 3.37. The average Bonchev–Trinajstić information content (AvgIpc) is 3.08. The maximum Gasteiger partial charge on any atom is 0.0300 e. The van der Waals surface area contributed by atoms with Crippen molar-refractivity contribution < 1.29 is 0 Å². The first-order valence-electron chi connectivity index (χ1n) is 7.54. The van der Waals surface area contributed by atoms with Crippen molar-refractivity contribution in [1.29, 1.82) is 0 Å². The molecule has 0 radical (unpaired) electrons. The lowest BCUT2D eigenvalue weighted by Gasteiger charge is -2.40. The van der Waals surface area contributed by atoms with Gasteiger partial charge in [-0.25, -0.2) is 0 Å². The average molecular weight is 279 g/mol. The molecular weight excluding hydrogens is 254 g/mol. The van der Waals surface area contributed by atoms with Crippen molar-refractivity contribution in [1.82, 2.24) is 15.1 Å². The maximum atomic E-state index is 3.60. The van der Waals surface area contributed by atoms with Crippen molar-refractivity contribution >= 4 is 11.3 Å². The van der Waals surface area contributed by atoms with Crippen molar-refractivity contribution in [2.75, 3.05) is 32.7 Å².